The second-order valence-corrected chi connectivity index (χ2v) is 8.93. The fraction of sp³-hybridized carbons (Fsp3) is 0.167. The van der Waals surface area contributed by atoms with E-state index in [-0.39, 0.29) is 18.9 Å². The normalized spacial score (nSPS) is 11.4. The molecule has 4 rings (SSSR count). The van der Waals surface area contributed by atoms with E-state index < -0.39 is 17.8 Å². The first-order chi connectivity index (χ1) is 17.9. The van der Waals surface area contributed by atoms with Crippen molar-refractivity contribution in [1.82, 2.24) is 9.88 Å². The fourth-order valence-electron chi connectivity index (χ4n) is 4.06. The summed E-state index contributed by atoms with van der Waals surface area (Å²) in [6.07, 6.45) is 3.44. The van der Waals surface area contributed by atoms with Crippen molar-refractivity contribution in [3.8, 4) is 0 Å². The van der Waals surface area contributed by atoms with E-state index in [1.165, 1.54) is 17.0 Å². The largest absolute Gasteiger partial charge is 0.378 e. The molecule has 0 aliphatic carbocycles. The number of pyridine rings is 1. The number of carbonyl (C=O) groups excluding carboxylic acids is 2. The summed E-state index contributed by atoms with van der Waals surface area (Å²) in [6, 6.07) is 25.1. The Morgan fingerprint density at radius 3 is 2.16 bits per heavy atom. The van der Waals surface area contributed by atoms with E-state index in [0.717, 1.165) is 16.8 Å². The second-order valence-electron chi connectivity index (χ2n) is 8.93. The summed E-state index contributed by atoms with van der Waals surface area (Å²) in [6.45, 7) is 0.161. The van der Waals surface area contributed by atoms with Gasteiger partial charge in [0.2, 0.25) is 5.91 Å². The van der Waals surface area contributed by atoms with Gasteiger partial charge in [-0.15, -0.1) is 0 Å². The molecule has 0 aliphatic heterocycles. The Labute approximate surface area is 216 Å². The highest BCUT2D eigenvalue weighted by Crippen LogP contribution is 2.27. The molecule has 0 radical (unpaired) electrons. The maximum absolute atomic E-state index is 13.8. The van der Waals surface area contributed by atoms with Crippen LogP contribution in [0.4, 0.5) is 15.8 Å². The fourth-order valence-corrected chi connectivity index (χ4v) is 4.06. The van der Waals surface area contributed by atoms with Crippen molar-refractivity contribution >= 4 is 23.2 Å². The van der Waals surface area contributed by atoms with Gasteiger partial charge in [0, 0.05) is 44.4 Å². The first-order valence-corrected chi connectivity index (χ1v) is 12.0. The van der Waals surface area contributed by atoms with Gasteiger partial charge in [-0.25, -0.2) is 4.39 Å². The number of halogens is 1. The summed E-state index contributed by atoms with van der Waals surface area (Å²) >= 11 is 0. The topological polar surface area (TPSA) is 65.5 Å². The van der Waals surface area contributed by atoms with Gasteiger partial charge in [0.25, 0.3) is 5.91 Å². The maximum Gasteiger partial charge on any atom is 0.251 e. The highest BCUT2D eigenvalue weighted by molar-refractivity contribution is 5.98. The molecule has 0 saturated heterocycles. The lowest BCUT2D eigenvalue weighted by Crippen LogP contribution is -2.41. The predicted molar refractivity (Wildman–Crippen MR) is 143 cm³/mol. The first-order valence-electron chi connectivity index (χ1n) is 12.0. The molecule has 1 heterocycles. The number of anilines is 2. The van der Waals surface area contributed by atoms with Crippen molar-refractivity contribution in [1.29, 1.82) is 0 Å². The molecule has 0 spiro atoms. The molecular formula is C30H29FN4O2. The molecule has 37 heavy (non-hydrogen) atoms. The third kappa shape index (κ3) is 6.79. The van der Waals surface area contributed by atoms with Crippen LogP contribution in [0.5, 0.6) is 0 Å². The highest BCUT2D eigenvalue weighted by atomic mass is 19.1. The Kier molecular flexibility index (Phi) is 8.26. The van der Waals surface area contributed by atoms with Crippen LogP contribution in [0.3, 0.4) is 0 Å². The first kappa shape index (κ1) is 25.6. The van der Waals surface area contributed by atoms with Crippen molar-refractivity contribution in [2.24, 2.45) is 0 Å². The zero-order valence-electron chi connectivity index (χ0n) is 20.8. The third-order valence-corrected chi connectivity index (χ3v) is 5.99. The molecular weight excluding hydrogens is 467 g/mol. The lowest BCUT2D eigenvalue weighted by molar-refractivity contribution is -0.139. The van der Waals surface area contributed by atoms with Gasteiger partial charge >= 0.3 is 0 Å². The van der Waals surface area contributed by atoms with Crippen molar-refractivity contribution in [2.75, 3.05) is 24.3 Å². The third-order valence-electron chi connectivity index (χ3n) is 5.99. The zero-order chi connectivity index (χ0) is 26.2. The summed E-state index contributed by atoms with van der Waals surface area (Å²) in [5.74, 6) is -1.05. The molecule has 4 aromatic rings. The average Bonchev–Trinajstić information content (AvgIpc) is 2.91. The van der Waals surface area contributed by atoms with Crippen LogP contribution in [0.1, 0.15) is 22.7 Å². The minimum absolute atomic E-state index is 0.115. The predicted octanol–water partition coefficient (Wildman–Crippen LogP) is 5.24. The smallest absolute Gasteiger partial charge is 0.251 e. The van der Waals surface area contributed by atoms with E-state index in [2.05, 4.69) is 10.3 Å². The molecule has 1 unspecified atom stereocenters. The Bertz CT molecular complexity index is 1310. The van der Waals surface area contributed by atoms with E-state index in [1.54, 1.807) is 30.6 Å². The Hall–Kier alpha value is -4.52. The van der Waals surface area contributed by atoms with Crippen LogP contribution < -0.4 is 10.2 Å². The van der Waals surface area contributed by atoms with Crippen LogP contribution in [0.25, 0.3) is 0 Å². The summed E-state index contributed by atoms with van der Waals surface area (Å²) < 4.78 is 13.8. The molecule has 0 aliphatic rings. The summed E-state index contributed by atoms with van der Waals surface area (Å²) in [7, 11) is 3.87. The number of aromatic nitrogens is 1. The average molecular weight is 497 g/mol. The Balaban J connectivity index is 1.71. The van der Waals surface area contributed by atoms with Crippen LogP contribution in [0.15, 0.2) is 103 Å². The van der Waals surface area contributed by atoms with Gasteiger partial charge in [-0.3, -0.25) is 14.6 Å². The van der Waals surface area contributed by atoms with E-state index >= 15 is 0 Å². The van der Waals surface area contributed by atoms with Crippen LogP contribution >= 0.6 is 0 Å². The molecule has 1 N–H and O–H groups in total. The van der Waals surface area contributed by atoms with Gasteiger partial charge in [-0.1, -0.05) is 48.5 Å². The van der Waals surface area contributed by atoms with Crippen LogP contribution in [-0.4, -0.2) is 35.8 Å². The van der Waals surface area contributed by atoms with Crippen molar-refractivity contribution < 1.29 is 14.0 Å². The summed E-state index contributed by atoms with van der Waals surface area (Å²) in [5, 5.41) is 2.95. The molecule has 0 bridgehead atoms. The van der Waals surface area contributed by atoms with Crippen LogP contribution in [0, 0.1) is 5.82 Å². The Morgan fingerprint density at radius 2 is 1.54 bits per heavy atom. The van der Waals surface area contributed by atoms with Crippen molar-refractivity contribution in [2.45, 2.75) is 19.0 Å². The van der Waals surface area contributed by atoms with Gasteiger partial charge in [0.15, 0.2) is 0 Å². The summed E-state index contributed by atoms with van der Waals surface area (Å²) in [5.41, 5.74) is 3.71. The van der Waals surface area contributed by atoms with Gasteiger partial charge in [-0.2, -0.15) is 0 Å². The molecule has 0 fully saturated rings. The SMILES string of the molecule is CN(C)c1ccc(NC(=O)C(c2ccc(F)cc2)N(Cc2cccnc2)C(=O)Cc2ccccc2)cc1. The minimum atomic E-state index is -0.995. The molecule has 188 valence electrons. The van der Waals surface area contributed by atoms with Gasteiger partial charge in [0.05, 0.1) is 6.42 Å². The number of hydrogen-bond donors (Lipinski definition) is 1. The molecule has 0 saturated carbocycles. The van der Waals surface area contributed by atoms with Gasteiger partial charge < -0.3 is 15.1 Å². The molecule has 2 amide bonds. The summed E-state index contributed by atoms with van der Waals surface area (Å²) in [4.78, 5) is 35.2. The molecule has 6 nitrogen and oxygen atoms in total. The molecule has 1 atom stereocenters. The lowest BCUT2D eigenvalue weighted by atomic mass is 10.0. The number of amides is 2. The number of nitrogens with one attached hydrogen (secondary N) is 1. The molecule has 1 aromatic heterocycles. The zero-order valence-corrected chi connectivity index (χ0v) is 20.8. The van der Waals surface area contributed by atoms with Crippen molar-refractivity contribution in [3.05, 3.63) is 126 Å². The van der Waals surface area contributed by atoms with E-state index in [1.807, 2.05) is 79.7 Å². The van der Waals surface area contributed by atoms with Crippen molar-refractivity contribution in [3.63, 3.8) is 0 Å². The number of benzene rings is 3. The van der Waals surface area contributed by atoms with E-state index in [0.29, 0.717) is 11.3 Å². The van der Waals surface area contributed by atoms with Gasteiger partial charge in [0.1, 0.15) is 11.9 Å². The number of hydrogen-bond acceptors (Lipinski definition) is 4. The number of nitrogens with zero attached hydrogens (tertiary/aromatic N) is 3. The molecule has 3 aromatic carbocycles. The lowest BCUT2D eigenvalue weighted by Gasteiger charge is -2.32. The number of carbonyl (C=O) groups is 2. The van der Waals surface area contributed by atoms with E-state index in [9.17, 15) is 14.0 Å². The van der Waals surface area contributed by atoms with Crippen LogP contribution in [-0.2, 0) is 22.6 Å². The second kappa shape index (κ2) is 11.9. The highest BCUT2D eigenvalue weighted by Gasteiger charge is 2.32. The number of rotatable bonds is 9. The Morgan fingerprint density at radius 1 is 0.865 bits per heavy atom. The minimum Gasteiger partial charge on any atom is -0.378 e. The maximum atomic E-state index is 13.8. The van der Waals surface area contributed by atoms with Crippen LogP contribution in [0.2, 0.25) is 0 Å². The van der Waals surface area contributed by atoms with E-state index in [4.69, 9.17) is 0 Å². The quantitative estimate of drug-likeness (QED) is 0.344. The monoisotopic (exact) mass is 496 g/mol. The standard InChI is InChI=1S/C30H29FN4O2/c1-34(2)27-16-14-26(15-17-27)33-30(37)29(24-10-12-25(31)13-11-24)35(21-23-9-6-18-32-20-23)28(36)19-22-7-4-3-5-8-22/h3-18,20,29H,19,21H2,1-2H3,(H,33,37). The molecule has 7 heteroatoms. The van der Waals surface area contributed by atoms with Gasteiger partial charge in [-0.05, 0) is 59.2 Å².